The lowest BCUT2D eigenvalue weighted by Crippen LogP contribution is -2.75. The highest BCUT2D eigenvalue weighted by molar-refractivity contribution is 5.83. The Morgan fingerprint density at radius 3 is 1.94 bits per heavy atom. The van der Waals surface area contributed by atoms with Crippen LogP contribution in [0.4, 0.5) is 0 Å². The van der Waals surface area contributed by atoms with E-state index >= 15 is 0 Å². The van der Waals surface area contributed by atoms with Gasteiger partial charge in [-0.15, -0.1) is 0 Å². The monoisotopic (exact) mass is 658 g/mol. The Morgan fingerprint density at radius 2 is 1.34 bits per heavy atom. The lowest BCUT2D eigenvalue weighted by atomic mass is 9.30. The van der Waals surface area contributed by atoms with E-state index in [0.717, 1.165) is 25.7 Å². The maximum absolute atomic E-state index is 14.3. The Hall–Kier alpha value is -2.65. The summed E-state index contributed by atoms with van der Waals surface area (Å²) in [5.41, 5.74) is -4.35. The topological polar surface area (TPSA) is 132 Å². The number of ether oxygens (including phenoxy) is 5. The predicted molar refractivity (Wildman–Crippen MR) is 168 cm³/mol. The average Bonchev–Trinajstić information content (AvgIpc) is 3.15. The lowest BCUT2D eigenvalue weighted by Gasteiger charge is -2.74. The molecule has 1 aliphatic heterocycles. The van der Waals surface area contributed by atoms with Crippen LogP contribution in [0.5, 0.6) is 0 Å². The molecule has 6 rings (SSSR count). The molecule has 10 heteroatoms. The first-order valence-electron chi connectivity index (χ1n) is 17.5. The lowest BCUT2D eigenvalue weighted by molar-refractivity contribution is -0.306. The summed E-state index contributed by atoms with van der Waals surface area (Å²) in [5, 5.41) is 0. The molecule has 0 amide bonds. The van der Waals surface area contributed by atoms with E-state index in [0.29, 0.717) is 32.1 Å². The molecule has 1 spiro atoms. The minimum Gasteiger partial charge on any atom is -0.468 e. The fraction of sp³-hybridized carbons (Fsp3) is 0.865. The maximum atomic E-state index is 14.3. The number of fused-ring (bicyclic) bond motifs is 4. The molecule has 5 aliphatic carbocycles. The molecule has 0 radical (unpaired) electrons. The molecule has 12 unspecified atom stereocenters. The van der Waals surface area contributed by atoms with Gasteiger partial charge >= 0.3 is 29.8 Å². The number of rotatable bonds is 4. The van der Waals surface area contributed by atoms with Crippen molar-refractivity contribution in [1.82, 2.24) is 0 Å². The van der Waals surface area contributed by atoms with E-state index in [2.05, 4.69) is 34.6 Å². The number of hydrogen-bond donors (Lipinski definition) is 0. The molecule has 5 saturated carbocycles. The number of esters is 5. The van der Waals surface area contributed by atoms with Crippen LogP contribution in [0.25, 0.3) is 0 Å². The van der Waals surface area contributed by atoms with Gasteiger partial charge in [0.2, 0.25) is 0 Å². The summed E-state index contributed by atoms with van der Waals surface area (Å²) in [7, 11) is 1.34. The highest BCUT2D eigenvalue weighted by Gasteiger charge is 2.84. The van der Waals surface area contributed by atoms with Crippen molar-refractivity contribution in [2.75, 3.05) is 7.11 Å². The molecule has 6 aliphatic rings. The van der Waals surface area contributed by atoms with E-state index in [-0.39, 0.29) is 35.1 Å². The second kappa shape index (κ2) is 10.4. The van der Waals surface area contributed by atoms with Gasteiger partial charge in [-0.2, -0.15) is 0 Å². The Morgan fingerprint density at radius 1 is 0.723 bits per heavy atom. The second-order valence-corrected chi connectivity index (χ2v) is 17.6. The first-order chi connectivity index (χ1) is 21.7. The van der Waals surface area contributed by atoms with E-state index in [9.17, 15) is 24.0 Å². The molecule has 0 aromatic heterocycles. The van der Waals surface area contributed by atoms with Crippen molar-refractivity contribution in [3.05, 3.63) is 0 Å². The standard InChI is InChI=1S/C37H54O10/c1-20(38)44-23-17-32(6)24-12-14-37-26-18-31(4,5)15-16-36(26,30(42)47-37)27(45-21(2)39)19-34(37,8)33(24,7)13-11-25(32)35(9,29(41)43-10)28(23)46-22(3)40/h23-28H,11-19H2,1-10H3. The van der Waals surface area contributed by atoms with Crippen molar-refractivity contribution in [2.24, 2.45) is 50.2 Å². The van der Waals surface area contributed by atoms with E-state index < -0.39 is 68.9 Å². The van der Waals surface area contributed by atoms with Crippen LogP contribution in [0.2, 0.25) is 0 Å². The van der Waals surface area contributed by atoms with Gasteiger partial charge in [-0.1, -0.05) is 34.6 Å². The Kier molecular flexibility index (Phi) is 7.59. The zero-order valence-electron chi connectivity index (χ0n) is 29.9. The average molecular weight is 659 g/mol. The molecule has 6 fully saturated rings. The normalized spacial score (nSPS) is 49.1. The number of hydrogen-bond acceptors (Lipinski definition) is 10. The molecule has 2 bridgehead atoms. The van der Waals surface area contributed by atoms with Gasteiger partial charge in [0.1, 0.15) is 28.6 Å². The number of methoxy groups -OCH3 is 1. The molecule has 47 heavy (non-hydrogen) atoms. The van der Waals surface area contributed by atoms with Crippen molar-refractivity contribution in [3.8, 4) is 0 Å². The maximum Gasteiger partial charge on any atom is 0.316 e. The van der Waals surface area contributed by atoms with Crippen LogP contribution < -0.4 is 0 Å². The third kappa shape index (κ3) is 4.23. The van der Waals surface area contributed by atoms with Crippen LogP contribution >= 0.6 is 0 Å². The minimum atomic E-state index is -1.28. The van der Waals surface area contributed by atoms with Crippen LogP contribution in [0, 0.1) is 50.2 Å². The summed E-state index contributed by atoms with van der Waals surface area (Å²) in [6.45, 7) is 17.1. The molecule has 0 aromatic carbocycles. The van der Waals surface area contributed by atoms with Crippen molar-refractivity contribution >= 4 is 29.8 Å². The summed E-state index contributed by atoms with van der Waals surface area (Å²) in [6.07, 6.45) is 3.52. The molecule has 12 atom stereocenters. The van der Waals surface area contributed by atoms with Gasteiger partial charge in [0.05, 0.1) is 7.11 Å². The van der Waals surface area contributed by atoms with Gasteiger partial charge in [-0.05, 0) is 92.8 Å². The van der Waals surface area contributed by atoms with Gasteiger partial charge in [-0.3, -0.25) is 24.0 Å². The fourth-order valence-corrected chi connectivity index (χ4v) is 13.2. The molecular weight excluding hydrogens is 604 g/mol. The van der Waals surface area contributed by atoms with Crippen molar-refractivity contribution < 1.29 is 47.7 Å². The van der Waals surface area contributed by atoms with E-state index in [1.54, 1.807) is 6.92 Å². The van der Waals surface area contributed by atoms with Gasteiger partial charge < -0.3 is 23.7 Å². The zero-order valence-corrected chi connectivity index (χ0v) is 29.9. The van der Waals surface area contributed by atoms with E-state index in [1.807, 2.05) is 0 Å². The van der Waals surface area contributed by atoms with Crippen molar-refractivity contribution in [2.45, 2.75) is 144 Å². The van der Waals surface area contributed by atoms with Crippen LogP contribution in [-0.2, 0) is 47.7 Å². The third-order valence-electron chi connectivity index (χ3n) is 15.1. The van der Waals surface area contributed by atoms with Crippen LogP contribution in [0.1, 0.15) is 120 Å². The molecule has 10 nitrogen and oxygen atoms in total. The zero-order chi connectivity index (χ0) is 34.8. The quantitative estimate of drug-likeness (QED) is 0.273. The smallest absolute Gasteiger partial charge is 0.316 e. The Bertz CT molecular complexity index is 1400. The Balaban J connectivity index is 1.51. The summed E-state index contributed by atoms with van der Waals surface area (Å²) in [4.78, 5) is 65.7. The van der Waals surface area contributed by atoms with Crippen molar-refractivity contribution in [1.29, 1.82) is 0 Å². The first kappa shape index (κ1) is 34.2. The predicted octanol–water partition coefficient (Wildman–Crippen LogP) is 5.72. The number of carbonyl (C=O) groups is 5. The molecular formula is C37H54O10. The van der Waals surface area contributed by atoms with Gasteiger partial charge in [0.15, 0.2) is 6.10 Å². The fourth-order valence-electron chi connectivity index (χ4n) is 13.2. The van der Waals surface area contributed by atoms with Crippen LogP contribution in [0.3, 0.4) is 0 Å². The van der Waals surface area contributed by atoms with Gasteiger partial charge in [-0.25, -0.2) is 0 Å². The molecule has 262 valence electrons. The molecule has 0 N–H and O–H groups in total. The highest BCUT2D eigenvalue weighted by atomic mass is 16.6. The van der Waals surface area contributed by atoms with Gasteiger partial charge in [0.25, 0.3) is 0 Å². The van der Waals surface area contributed by atoms with E-state index in [4.69, 9.17) is 23.7 Å². The largest absolute Gasteiger partial charge is 0.468 e. The van der Waals surface area contributed by atoms with E-state index in [1.165, 1.54) is 27.9 Å². The van der Waals surface area contributed by atoms with Crippen LogP contribution in [-0.4, -0.2) is 60.9 Å². The molecule has 0 aromatic rings. The summed E-state index contributed by atoms with van der Waals surface area (Å²) < 4.78 is 30.2. The summed E-state index contributed by atoms with van der Waals surface area (Å²) in [5.74, 6) is -2.49. The number of carbonyl (C=O) groups excluding carboxylic acids is 5. The minimum absolute atomic E-state index is 0.00420. The Labute approximate surface area is 278 Å². The SMILES string of the molecule is COC(=O)C1(C)C(OC(C)=O)C(OC(C)=O)CC2(C)C1CCC1(C)C2CCC23OC(=O)C4(CCC(C)(C)CC42)C(OC(C)=O)CC13C. The van der Waals surface area contributed by atoms with Crippen LogP contribution in [0.15, 0.2) is 0 Å². The highest BCUT2D eigenvalue weighted by Crippen LogP contribution is 2.81. The molecule has 1 heterocycles. The third-order valence-corrected chi connectivity index (χ3v) is 15.1. The first-order valence-corrected chi connectivity index (χ1v) is 17.5. The second-order valence-electron chi connectivity index (χ2n) is 17.6. The molecule has 1 saturated heterocycles. The summed E-state index contributed by atoms with van der Waals surface area (Å²) in [6, 6.07) is 0. The summed E-state index contributed by atoms with van der Waals surface area (Å²) >= 11 is 0. The van der Waals surface area contributed by atoms with Gasteiger partial charge in [0, 0.05) is 32.1 Å². The van der Waals surface area contributed by atoms with Crippen molar-refractivity contribution in [3.63, 3.8) is 0 Å².